The first-order valence-electron chi connectivity index (χ1n) is 7.68. The van der Waals surface area contributed by atoms with E-state index < -0.39 is 0 Å². The van der Waals surface area contributed by atoms with Crippen molar-refractivity contribution in [1.82, 2.24) is 14.9 Å². The highest BCUT2D eigenvalue weighted by molar-refractivity contribution is 5.50. The van der Waals surface area contributed by atoms with Gasteiger partial charge in [0, 0.05) is 30.5 Å². The lowest BCUT2D eigenvalue weighted by Gasteiger charge is -2.16. The van der Waals surface area contributed by atoms with E-state index in [9.17, 15) is 5.11 Å². The zero-order valence-corrected chi connectivity index (χ0v) is 12.7. The number of benzene rings is 1. The van der Waals surface area contributed by atoms with Gasteiger partial charge >= 0.3 is 0 Å². The second-order valence-corrected chi connectivity index (χ2v) is 6.03. The highest BCUT2D eigenvalue weighted by Gasteiger charge is 2.31. The summed E-state index contributed by atoms with van der Waals surface area (Å²) in [5.41, 5.74) is 3.74. The van der Waals surface area contributed by atoms with Gasteiger partial charge in [0.25, 0.3) is 0 Å². The van der Waals surface area contributed by atoms with Gasteiger partial charge in [0.2, 0.25) is 0 Å². The molecule has 0 aliphatic heterocycles. The van der Waals surface area contributed by atoms with Gasteiger partial charge in [-0.2, -0.15) is 0 Å². The molecule has 0 radical (unpaired) electrons. The quantitative estimate of drug-likeness (QED) is 0.830. The summed E-state index contributed by atoms with van der Waals surface area (Å²) in [7, 11) is 0. The van der Waals surface area contributed by atoms with E-state index in [0.29, 0.717) is 11.7 Å². The largest absolute Gasteiger partial charge is 0.508 e. The van der Waals surface area contributed by atoms with E-state index in [1.165, 1.54) is 11.1 Å². The highest BCUT2D eigenvalue weighted by atomic mass is 16.3. The van der Waals surface area contributed by atoms with Crippen LogP contribution in [0.3, 0.4) is 0 Å². The summed E-state index contributed by atoms with van der Waals surface area (Å²) in [4.78, 5) is 4.05. The molecule has 4 heteroatoms. The van der Waals surface area contributed by atoms with E-state index in [1.54, 1.807) is 0 Å². The Morgan fingerprint density at radius 2 is 2.24 bits per heavy atom. The normalized spacial score (nSPS) is 20.7. The number of rotatable bonds is 5. The van der Waals surface area contributed by atoms with Crippen LogP contribution in [0.15, 0.2) is 30.9 Å². The number of nitrogens with zero attached hydrogens (tertiary/aromatic N) is 2. The molecule has 1 aromatic heterocycles. The lowest BCUT2D eigenvalue weighted by Crippen LogP contribution is -2.21. The van der Waals surface area contributed by atoms with Crippen molar-refractivity contribution in [2.45, 2.75) is 45.2 Å². The van der Waals surface area contributed by atoms with E-state index in [4.69, 9.17) is 0 Å². The number of aromatic hydroxyl groups is 1. The number of hydrogen-bond donors (Lipinski definition) is 2. The monoisotopic (exact) mass is 285 g/mol. The fourth-order valence-electron chi connectivity index (χ4n) is 3.49. The lowest BCUT2D eigenvalue weighted by atomic mass is 9.97. The second-order valence-electron chi connectivity index (χ2n) is 6.03. The summed E-state index contributed by atoms with van der Waals surface area (Å²) in [6.07, 6.45) is 7.77. The number of nitrogens with one attached hydrogen (secondary N) is 1. The van der Waals surface area contributed by atoms with Crippen molar-refractivity contribution in [3.63, 3.8) is 0 Å². The van der Waals surface area contributed by atoms with Crippen LogP contribution in [0.4, 0.5) is 0 Å². The fraction of sp³-hybridized carbons (Fsp3) is 0.471. The number of phenols is 1. The molecular formula is C17H23N3O. The Hall–Kier alpha value is -1.81. The number of phenolic OH excluding ortho intramolecular Hbond substituents is 1. The maximum atomic E-state index is 10.2. The number of aromatic nitrogens is 2. The number of hydrogen-bond acceptors (Lipinski definition) is 3. The van der Waals surface area contributed by atoms with Crippen LogP contribution in [-0.2, 0) is 6.54 Å². The lowest BCUT2D eigenvalue weighted by molar-refractivity contribution is 0.440. The molecule has 2 N–H and O–H groups in total. The Morgan fingerprint density at radius 3 is 3.00 bits per heavy atom. The molecule has 3 rings (SSSR count). The van der Waals surface area contributed by atoms with E-state index in [0.717, 1.165) is 31.5 Å². The van der Waals surface area contributed by atoms with Gasteiger partial charge in [-0.05, 0) is 49.4 Å². The molecule has 0 saturated carbocycles. The third kappa shape index (κ3) is 2.81. The summed E-state index contributed by atoms with van der Waals surface area (Å²) in [5, 5.41) is 13.8. The molecule has 0 bridgehead atoms. The third-order valence-corrected chi connectivity index (χ3v) is 4.46. The van der Waals surface area contributed by atoms with Crippen molar-refractivity contribution in [1.29, 1.82) is 0 Å². The predicted octanol–water partition coefficient (Wildman–Crippen LogP) is 3.13. The van der Waals surface area contributed by atoms with Crippen LogP contribution < -0.4 is 5.32 Å². The Balaban J connectivity index is 1.62. The molecule has 1 aromatic carbocycles. The summed E-state index contributed by atoms with van der Waals surface area (Å²) in [6.45, 7) is 6.30. The molecule has 21 heavy (non-hydrogen) atoms. The van der Waals surface area contributed by atoms with E-state index >= 15 is 0 Å². The molecule has 0 amide bonds. The first-order valence-corrected chi connectivity index (χ1v) is 7.68. The van der Waals surface area contributed by atoms with Gasteiger partial charge in [-0.1, -0.05) is 13.0 Å². The SMILES string of the molecule is Cc1ccc(O)c2c1C(C)CC2NCCCn1ccnc1. The van der Waals surface area contributed by atoms with Crippen molar-refractivity contribution < 1.29 is 5.11 Å². The minimum absolute atomic E-state index is 0.276. The van der Waals surface area contributed by atoms with Crippen LogP contribution in [0.25, 0.3) is 0 Å². The van der Waals surface area contributed by atoms with Gasteiger partial charge in [0.15, 0.2) is 0 Å². The van der Waals surface area contributed by atoms with Crippen molar-refractivity contribution in [2.24, 2.45) is 0 Å². The average Bonchev–Trinajstić information content (AvgIpc) is 3.08. The first kappa shape index (κ1) is 14.1. The van der Waals surface area contributed by atoms with Gasteiger partial charge < -0.3 is 15.0 Å². The van der Waals surface area contributed by atoms with Crippen LogP contribution in [-0.4, -0.2) is 21.2 Å². The van der Waals surface area contributed by atoms with Gasteiger partial charge in [0.1, 0.15) is 5.75 Å². The summed E-state index contributed by atoms with van der Waals surface area (Å²) in [5.74, 6) is 0.949. The molecule has 1 aliphatic rings. The van der Waals surface area contributed by atoms with E-state index in [-0.39, 0.29) is 6.04 Å². The minimum atomic E-state index is 0.276. The Kier molecular flexibility index (Phi) is 3.97. The topological polar surface area (TPSA) is 50.1 Å². The maximum Gasteiger partial charge on any atom is 0.120 e. The van der Waals surface area contributed by atoms with Crippen LogP contribution in [0, 0.1) is 6.92 Å². The average molecular weight is 285 g/mol. The predicted molar refractivity (Wildman–Crippen MR) is 83.5 cm³/mol. The molecule has 0 fully saturated rings. The summed E-state index contributed by atoms with van der Waals surface area (Å²) >= 11 is 0. The molecule has 4 nitrogen and oxygen atoms in total. The Morgan fingerprint density at radius 1 is 1.38 bits per heavy atom. The van der Waals surface area contributed by atoms with Crippen molar-refractivity contribution >= 4 is 0 Å². The first-order chi connectivity index (χ1) is 10.2. The third-order valence-electron chi connectivity index (χ3n) is 4.46. The molecule has 1 aliphatic carbocycles. The highest BCUT2D eigenvalue weighted by Crippen LogP contribution is 2.45. The summed E-state index contributed by atoms with van der Waals surface area (Å²) < 4.78 is 2.09. The van der Waals surface area contributed by atoms with E-state index in [2.05, 4.69) is 28.7 Å². The van der Waals surface area contributed by atoms with Crippen LogP contribution in [0.2, 0.25) is 0 Å². The van der Waals surface area contributed by atoms with Crippen LogP contribution in [0.1, 0.15) is 48.4 Å². The summed E-state index contributed by atoms with van der Waals surface area (Å²) in [6, 6.07) is 4.12. The molecular weight excluding hydrogens is 262 g/mol. The molecule has 2 atom stereocenters. The smallest absolute Gasteiger partial charge is 0.120 e. The molecule has 2 aromatic rings. The zero-order chi connectivity index (χ0) is 14.8. The number of imidazole rings is 1. The van der Waals surface area contributed by atoms with Crippen LogP contribution in [0.5, 0.6) is 5.75 Å². The molecule has 1 heterocycles. The standard InChI is InChI=1S/C17H23N3O/c1-12-4-5-15(21)17-14(10-13(2)16(12)17)19-6-3-8-20-9-7-18-11-20/h4-5,7,9,11,13-14,19,21H,3,6,8,10H2,1-2H3. The fourth-order valence-corrected chi connectivity index (χ4v) is 3.49. The van der Waals surface area contributed by atoms with Crippen molar-refractivity contribution in [2.75, 3.05) is 6.54 Å². The number of fused-ring (bicyclic) bond motifs is 1. The van der Waals surface area contributed by atoms with E-state index in [1.807, 2.05) is 30.9 Å². The Bertz CT molecular complexity index is 607. The van der Waals surface area contributed by atoms with Gasteiger partial charge in [0.05, 0.1) is 6.33 Å². The Labute approximate surface area is 125 Å². The van der Waals surface area contributed by atoms with Gasteiger partial charge in [-0.25, -0.2) is 4.98 Å². The minimum Gasteiger partial charge on any atom is -0.508 e. The number of aryl methyl sites for hydroxylation is 2. The molecule has 112 valence electrons. The molecule has 2 unspecified atom stereocenters. The van der Waals surface area contributed by atoms with Crippen LogP contribution >= 0.6 is 0 Å². The maximum absolute atomic E-state index is 10.2. The van der Waals surface area contributed by atoms with Crippen molar-refractivity contribution in [3.05, 3.63) is 47.5 Å². The molecule has 0 spiro atoms. The van der Waals surface area contributed by atoms with Gasteiger partial charge in [-0.15, -0.1) is 0 Å². The van der Waals surface area contributed by atoms with Crippen molar-refractivity contribution in [3.8, 4) is 5.75 Å². The zero-order valence-electron chi connectivity index (χ0n) is 12.7. The van der Waals surface area contributed by atoms with Gasteiger partial charge in [-0.3, -0.25) is 0 Å². The second kappa shape index (κ2) is 5.90. The molecule has 0 saturated heterocycles.